The van der Waals surface area contributed by atoms with Crippen LogP contribution in [0.4, 0.5) is 5.69 Å². The third-order valence-corrected chi connectivity index (χ3v) is 6.05. The SMILES string of the molecule is CCOC(=O)C1CCN(C(=O)C(C)Nc2ccc3c4c(cccc24)CC3)CC1. The summed E-state index contributed by atoms with van der Waals surface area (Å²) in [4.78, 5) is 26.7. The lowest BCUT2D eigenvalue weighted by Gasteiger charge is -2.33. The minimum atomic E-state index is -0.308. The minimum absolute atomic E-state index is 0.0798. The highest BCUT2D eigenvalue weighted by Gasteiger charge is 2.30. The number of ether oxygens (including phenoxy) is 1. The van der Waals surface area contributed by atoms with Crippen molar-refractivity contribution in [3.05, 3.63) is 41.5 Å². The molecule has 1 unspecified atom stereocenters. The lowest BCUT2D eigenvalue weighted by atomic mass is 9.96. The number of aryl methyl sites for hydroxylation is 2. The number of nitrogens with zero attached hydrogens (tertiary/aromatic N) is 1. The van der Waals surface area contributed by atoms with E-state index in [1.807, 2.05) is 18.7 Å². The molecule has 1 saturated heterocycles. The zero-order valence-corrected chi connectivity index (χ0v) is 16.7. The number of piperidine rings is 1. The Morgan fingerprint density at radius 3 is 2.57 bits per heavy atom. The Balaban J connectivity index is 1.42. The van der Waals surface area contributed by atoms with Gasteiger partial charge in [0.25, 0.3) is 0 Å². The topological polar surface area (TPSA) is 58.6 Å². The first-order valence-electron chi connectivity index (χ1n) is 10.3. The van der Waals surface area contributed by atoms with Crippen molar-refractivity contribution in [2.75, 3.05) is 25.0 Å². The average molecular weight is 380 g/mol. The highest BCUT2D eigenvalue weighted by molar-refractivity contribution is 6.00. The van der Waals surface area contributed by atoms with E-state index in [1.165, 1.54) is 21.9 Å². The number of anilines is 1. The second-order valence-corrected chi connectivity index (χ2v) is 7.83. The van der Waals surface area contributed by atoms with Gasteiger partial charge in [0.2, 0.25) is 5.91 Å². The fourth-order valence-corrected chi connectivity index (χ4v) is 4.54. The van der Waals surface area contributed by atoms with Crippen LogP contribution in [0.3, 0.4) is 0 Å². The predicted octanol–water partition coefficient (Wildman–Crippen LogP) is 3.54. The quantitative estimate of drug-likeness (QED) is 0.806. The highest BCUT2D eigenvalue weighted by Crippen LogP contribution is 2.35. The maximum atomic E-state index is 12.9. The number of likely N-dealkylation sites (tertiary alicyclic amines) is 1. The monoisotopic (exact) mass is 380 g/mol. The summed E-state index contributed by atoms with van der Waals surface area (Å²) in [5.74, 6) is -0.122. The molecule has 5 nitrogen and oxygen atoms in total. The summed E-state index contributed by atoms with van der Waals surface area (Å²) in [5.41, 5.74) is 3.82. The van der Waals surface area contributed by atoms with Crippen molar-refractivity contribution in [1.29, 1.82) is 0 Å². The Bertz CT molecular complexity index is 890. The van der Waals surface area contributed by atoms with Crippen LogP contribution in [0, 0.1) is 5.92 Å². The van der Waals surface area contributed by atoms with Gasteiger partial charge in [-0.3, -0.25) is 9.59 Å². The van der Waals surface area contributed by atoms with E-state index in [2.05, 4.69) is 35.6 Å². The highest BCUT2D eigenvalue weighted by atomic mass is 16.5. The van der Waals surface area contributed by atoms with E-state index < -0.39 is 0 Å². The second-order valence-electron chi connectivity index (χ2n) is 7.83. The number of carbonyl (C=O) groups is 2. The third-order valence-electron chi connectivity index (χ3n) is 6.05. The predicted molar refractivity (Wildman–Crippen MR) is 110 cm³/mol. The first kappa shape index (κ1) is 18.8. The number of rotatable bonds is 5. The smallest absolute Gasteiger partial charge is 0.309 e. The molecule has 5 heteroatoms. The van der Waals surface area contributed by atoms with Crippen molar-refractivity contribution in [3.63, 3.8) is 0 Å². The van der Waals surface area contributed by atoms with Gasteiger partial charge in [-0.25, -0.2) is 0 Å². The van der Waals surface area contributed by atoms with E-state index in [0.29, 0.717) is 32.5 Å². The maximum absolute atomic E-state index is 12.9. The molecular formula is C23H28N2O3. The Morgan fingerprint density at radius 1 is 1.14 bits per heavy atom. The molecule has 2 aromatic carbocycles. The van der Waals surface area contributed by atoms with Gasteiger partial charge in [0.05, 0.1) is 12.5 Å². The van der Waals surface area contributed by atoms with E-state index in [-0.39, 0.29) is 23.8 Å². The molecule has 1 heterocycles. The molecule has 28 heavy (non-hydrogen) atoms. The number of hydrogen-bond donors (Lipinski definition) is 1. The van der Waals surface area contributed by atoms with Crippen molar-refractivity contribution in [3.8, 4) is 0 Å². The average Bonchev–Trinajstić information content (AvgIpc) is 3.14. The normalized spacial score (nSPS) is 17.6. The summed E-state index contributed by atoms with van der Waals surface area (Å²) >= 11 is 0. The van der Waals surface area contributed by atoms with Crippen LogP contribution < -0.4 is 5.32 Å². The van der Waals surface area contributed by atoms with Gasteiger partial charge in [0, 0.05) is 24.2 Å². The third kappa shape index (κ3) is 3.46. The van der Waals surface area contributed by atoms with Crippen LogP contribution in [-0.4, -0.2) is 42.5 Å². The molecule has 0 radical (unpaired) electrons. The maximum Gasteiger partial charge on any atom is 0.309 e. The number of hydrogen-bond acceptors (Lipinski definition) is 4. The Hall–Kier alpha value is -2.56. The van der Waals surface area contributed by atoms with Gasteiger partial charge in [0.1, 0.15) is 6.04 Å². The number of carbonyl (C=O) groups excluding carboxylic acids is 2. The molecule has 1 aliphatic carbocycles. The van der Waals surface area contributed by atoms with Crippen LogP contribution >= 0.6 is 0 Å². The molecule has 148 valence electrons. The van der Waals surface area contributed by atoms with Crippen LogP contribution in [0.15, 0.2) is 30.3 Å². The molecule has 1 amide bonds. The van der Waals surface area contributed by atoms with E-state index in [9.17, 15) is 9.59 Å². The Morgan fingerprint density at radius 2 is 1.86 bits per heavy atom. The van der Waals surface area contributed by atoms with E-state index in [4.69, 9.17) is 4.74 Å². The molecule has 2 aromatic rings. The van der Waals surface area contributed by atoms with E-state index in [1.54, 1.807) is 0 Å². The molecule has 0 spiro atoms. The lowest BCUT2D eigenvalue weighted by molar-refractivity contribution is -0.151. The molecule has 0 aromatic heterocycles. The number of nitrogens with one attached hydrogen (secondary N) is 1. The fraction of sp³-hybridized carbons (Fsp3) is 0.478. The zero-order valence-electron chi connectivity index (χ0n) is 16.7. The van der Waals surface area contributed by atoms with Crippen molar-refractivity contribution >= 4 is 28.3 Å². The van der Waals surface area contributed by atoms with Crippen molar-refractivity contribution in [2.24, 2.45) is 5.92 Å². The number of esters is 1. The van der Waals surface area contributed by atoms with Gasteiger partial charge in [-0.1, -0.05) is 24.3 Å². The molecule has 2 aliphatic rings. The summed E-state index contributed by atoms with van der Waals surface area (Å²) in [7, 11) is 0. The van der Waals surface area contributed by atoms with Crippen molar-refractivity contribution in [1.82, 2.24) is 4.90 Å². The van der Waals surface area contributed by atoms with Gasteiger partial charge >= 0.3 is 5.97 Å². The summed E-state index contributed by atoms with van der Waals surface area (Å²) in [6.45, 7) is 5.37. The van der Waals surface area contributed by atoms with Gasteiger partial charge in [-0.05, 0) is 62.1 Å². The largest absolute Gasteiger partial charge is 0.466 e. The van der Waals surface area contributed by atoms with E-state index in [0.717, 1.165) is 18.5 Å². The second kappa shape index (κ2) is 7.82. The van der Waals surface area contributed by atoms with Gasteiger partial charge < -0.3 is 15.0 Å². The summed E-state index contributed by atoms with van der Waals surface area (Å²) in [6.07, 6.45) is 3.55. The number of benzene rings is 2. The van der Waals surface area contributed by atoms with Crippen LogP contribution in [0.1, 0.15) is 37.8 Å². The fourth-order valence-electron chi connectivity index (χ4n) is 4.54. The van der Waals surface area contributed by atoms with Crippen molar-refractivity contribution < 1.29 is 14.3 Å². The number of amides is 1. The summed E-state index contributed by atoms with van der Waals surface area (Å²) < 4.78 is 5.11. The van der Waals surface area contributed by atoms with Gasteiger partial charge in [0.15, 0.2) is 0 Å². The van der Waals surface area contributed by atoms with Crippen LogP contribution in [-0.2, 0) is 27.2 Å². The Kier molecular flexibility index (Phi) is 5.25. The molecule has 0 bridgehead atoms. The molecule has 1 N–H and O–H groups in total. The van der Waals surface area contributed by atoms with Crippen LogP contribution in [0.5, 0.6) is 0 Å². The molecule has 4 rings (SSSR count). The first-order valence-corrected chi connectivity index (χ1v) is 10.3. The lowest BCUT2D eigenvalue weighted by Crippen LogP contribution is -2.46. The van der Waals surface area contributed by atoms with Crippen LogP contribution in [0.2, 0.25) is 0 Å². The Labute approximate surface area is 166 Å². The van der Waals surface area contributed by atoms with Crippen molar-refractivity contribution in [2.45, 2.75) is 45.6 Å². The van der Waals surface area contributed by atoms with Crippen LogP contribution in [0.25, 0.3) is 10.8 Å². The molecule has 1 atom stereocenters. The first-order chi connectivity index (χ1) is 13.6. The molecular weight excluding hydrogens is 352 g/mol. The summed E-state index contributed by atoms with van der Waals surface area (Å²) in [5, 5.41) is 5.99. The summed E-state index contributed by atoms with van der Waals surface area (Å²) in [6, 6.07) is 10.4. The van der Waals surface area contributed by atoms with E-state index >= 15 is 0 Å². The standard InChI is InChI=1S/C23H28N2O3/c1-3-28-23(27)18-11-13-25(14-12-18)22(26)15(2)24-20-10-9-17-8-7-16-5-4-6-19(20)21(16)17/h4-6,9-10,15,18,24H,3,7-8,11-14H2,1-2H3. The molecule has 1 fully saturated rings. The molecule has 0 saturated carbocycles. The molecule has 1 aliphatic heterocycles. The van der Waals surface area contributed by atoms with Gasteiger partial charge in [-0.15, -0.1) is 0 Å². The zero-order chi connectivity index (χ0) is 19.7. The minimum Gasteiger partial charge on any atom is -0.466 e. The van der Waals surface area contributed by atoms with Gasteiger partial charge in [-0.2, -0.15) is 0 Å².